The first kappa shape index (κ1) is 29.3. The predicted molar refractivity (Wildman–Crippen MR) is 148 cm³/mol. The van der Waals surface area contributed by atoms with E-state index in [-0.39, 0.29) is 24.2 Å². The molecule has 2 aromatic carbocycles. The highest BCUT2D eigenvalue weighted by molar-refractivity contribution is 7.92. The second kappa shape index (κ2) is 13.5. The summed E-state index contributed by atoms with van der Waals surface area (Å²) >= 11 is 0. The molecule has 1 aliphatic carbocycles. The van der Waals surface area contributed by atoms with Crippen LogP contribution in [0.15, 0.2) is 48.5 Å². The molecule has 2 amide bonds. The van der Waals surface area contributed by atoms with Crippen LogP contribution in [-0.4, -0.2) is 64.2 Å². The fourth-order valence-corrected chi connectivity index (χ4v) is 5.68. The number of hydrogen-bond acceptors (Lipinski definition) is 6. The Labute approximate surface area is 226 Å². The molecule has 1 atom stereocenters. The van der Waals surface area contributed by atoms with Crippen molar-refractivity contribution in [2.75, 3.05) is 31.3 Å². The molecule has 1 unspecified atom stereocenters. The lowest BCUT2D eigenvalue weighted by Gasteiger charge is -2.34. The first-order chi connectivity index (χ1) is 18.2. The summed E-state index contributed by atoms with van der Waals surface area (Å²) in [5.41, 5.74) is 1.06. The van der Waals surface area contributed by atoms with Gasteiger partial charge in [-0.2, -0.15) is 0 Å². The Bertz CT molecular complexity index is 1180. The number of methoxy groups -OCH3 is 2. The van der Waals surface area contributed by atoms with E-state index in [0.717, 1.165) is 48.2 Å². The van der Waals surface area contributed by atoms with E-state index in [9.17, 15) is 18.0 Å². The van der Waals surface area contributed by atoms with Crippen molar-refractivity contribution >= 4 is 27.5 Å². The van der Waals surface area contributed by atoms with Crippen LogP contribution < -0.4 is 19.1 Å². The Morgan fingerprint density at radius 2 is 1.66 bits per heavy atom. The average Bonchev–Trinajstić information content (AvgIpc) is 2.91. The van der Waals surface area contributed by atoms with Gasteiger partial charge in [-0.15, -0.1) is 0 Å². The standard InChI is InChI=1S/C28H39N3O6S/c1-5-24(28(33)29-22-11-7-6-8-12-22)30(19-21-15-17-23(36-2)18-16-21)27(32)20-31(38(4,34)35)25-13-9-10-14-26(25)37-3/h9-10,13-18,22,24H,5-8,11-12,19-20H2,1-4H3,(H,29,33). The van der Waals surface area contributed by atoms with Crippen molar-refractivity contribution in [1.82, 2.24) is 10.2 Å². The van der Waals surface area contributed by atoms with E-state index in [0.29, 0.717) is 17.9 Å². The third-order valence-corrected chi connectivity index (χ3v) is 8.01. The maximum Gasteiger partial charge on any atom is 0.244 e. The van der Waals surface area contributed by atoms with Gasteiger partial charge >= 0.3 is 0 Å². The Balaban J connectivity index is 1.93. The van der Waals surface area contributed by atoms with E-state index in [4.69, 9.17) is 9.47 Å². The van der Waals surface area contributed by atoms with Gasteiger partial charge in [0.2, 0.25) is 21.8 Å². The molecule has 0 bridgehead atoms. The SMILES string of the molecule is CCC(C(=O)NC1CCCCC1)N(Cc1ccc(OC)cc1)C(=O)CN(c1ccccc1OC)S(C)(=O)=O. The average molecular weight is 546 g/mol. The van der Waals surface area contributed by atoms with Gasteiger partial charge in [0, 0.05) is 12.6 Å². The minimum atomic E-state index is -3.85. The van der Waals surface area contributed by atoms with Crippen LogP contribution in [0.4, 0.5) is 5.69 Å². The molecular weight excluding hydrogens is 506 g/mol. The van der Waals surface area contributed by atoms with Gasteiger partial charge in [-0.3, -0.25) is 13.9 Å². The van der Waals surface area contributed by atoms with Crippen LogP contribution in [0, 0.1) is 0 Å². The molecule has 38 heavy (non-hydrogen) atoms. The molecule has 2 aromatic rings. The van der Waals surface area contributed by atoms with Crippen molar-refractivity contribution in [2.24, 2.45) is 0 Å². The van der Waals surface area contributed by atoms with Crippen molar-refractivity contribution in [3.05, 3.63) is 54.1 Å². The van der Waals surface area contributed by atoms with Crippen LogP contribution in [0.25, 0.3) is 0 Å². The molecule has 0 radical (unpaired) electrons. The summed E-state index contributed by atoms with van der Waals surface area (Å²) in [6, 6.07) is 13.2. The molecule has 208 valence electrons. The maximum absolute atomic E-state index is 13.9. The largest absolute Gasteiger partial charge is 0.497 e. The second-order valence-corrected chi connectivity index (χ2v) is 11.5. The number of carbonyl (C=O) groups excluding carboxylic acids is 2. The second-order valence-electron chi connectivity index (χ2n) is 9.58. The fraction of sp³-hybridized carbons (Fsp3) is 0.500. The van der Waals surface area contributed by atoms with E-state index in [1.807, 2.05) is 19.1 Å². The molecule has 10 heteroatoms. The Hall–Kier alpha value is -3.27. The van der Waals surface area contributed by atoms with Gasteiger partial charge in [-0.05, 0) is 49.1 Å². The molecule has 0 aliphatic heterocycles. The molecule has 9 nitrogen and oxygen atoms in total. The summed E-state index contributed by atoms with van der Waals surface area (Å²) in [6.45, 7) is 1.53. The highest BCUT2D eigenvalue weighted by Gasteiger charge is 2.33. The summed E-state index contributed by atoms with van der Waals surface area (Å²) < 4.78 is 37.3. The van der Waals surface area contributed by atoms with Gasteiger partial charge < -0.3 is 19.7 Å². The molecule has 1 saturated carbocycles. The summed E-state index contributed by atoms with van der Waals surface area (Å²) in [4.78, 5) is 28.8. The summed E-state index contributed by atoms with van der Waals surface area (Å²) in [5, 5.41) is 3.14. The predicted octanol–water partition coefficient (Wildman–Crippen LogP) is 3.73. The first-order valence-electron chi connectivity index (χ1n) is 13.0. The lowest BCUT2D eigenvalue weighted by Crippen LogP contribution is -2.54. The van der Waals surface area contributed by atoms with Crippen molar-refractivity contribution in [2.45, 2.75) is 64.1 Å². The van der Waals surface area contributed by atoms with Gasteiger partial charge in [0.25, 0.3) is 0 Å². The third kappa shape index (κ3) is 7.63. The fourth-order valence-electron chi connectivity index (χ4n) is 4.82. The van der Waals surface area contributed by atoms with Crippen molar-refractivity contribution in [1.29, 1.82) is 0 Å². The van der Waals surface area contributed by atoms with Crippen LogP contribution in [-0.2, 0) is 26.2 Å². The summed E-state index contributed by atoms with van der Waals surface area (Å²) in [5.74, 6) is 0.301. The molecule has 1 aliphatic rings. The summed E-state index contributed by atoms with van der Waals surface area (Å²) in [6.07, 6.45) is 6.57. The van der Waals surface area contributed by atoms with E-state index < -0.39 is 28.5 Å². The Morgan fingerprint density at radius 1 is 1.00 bits per heavy atom. The van der Waals surface area contributed by atoms with E-state index in [2.05, 4.69) is 5.32 Å². The molecule has 0 saturated heterocycles. The molecular formula is C28H39N3O6S. The van der Waals surface area contributed by atoms with Gasteiger partial charge in [0.1, 0.15) is 24.1 Å². The molecule has 0 spiro atoms. The number of ether oxygens (including phenoxy) is 2. The number of anilines is 1. The lowest BCUT2D eigenvalue weighted by molar-refractivity contribution is -0.140. The zero-order valence-corrected chi connectivity index (χ0v) is 23.5. The van der Waals surface area contributed by atoms with Crippen molar-refractivity contribution in [3.8, 4) is 11.5 Å². The van der Waals surface area contributed by atoms with Crippen LogP contribution in [0.3, 0.4) is 0 Å². The quantitative estimate of drug-likeness (QED) is 0.436. The van der Waals surface area contributed by atoms with Gasteiger partial charge in [-0.25, -0.2) is 8.42 Å². The highest BCUT2D eigenvalue weighted by atomic mass is 32.2. The minimum absolute atomic E-state index is 0.0873. The van der Waals surface area contributed by atoms with Crippen molar-refractivity contribution < 1.29 is 27.5 Å². The number of amides is 2. The minimum Gasteiger partial charge on any atom is -0.497 e. The lowest BCUT2D eigenvalue weighted by atomic mass is 9.95. The van der Waals surface area contributed by atoms with E-state index >= 15 is 0 Å². The monoisotopic (exact) mass is 545 g/mol. The zero-order chi connectivity index (χ0) is 27.7. The number of hydrogen-bond donors (Lipinski definition) is 1. The van der Waals surface area contributed by atoms with Gasteiger partial charge in [0.15, 0.2) is 0 Å². The number of benzene rings is 2. The number of sulfonamides is 1. The maximum atomic E-state index is 13.9. The highest BCUT2D eigenvalue weighted by Crippen LogP contribution is 2.30. The van der Waals surface area contributed by atoms with Gasteiger partial charge in [-0.1, -0.05) is 50.5 Å². The van der Waals surface area contributed by atoms with E-state index in [1.165, 1.54) is 12.0 Å². The zero-order valence-electron chi connectivity index (χ0n) is 22.7. The number of nitrogens with one attached hydrogen (secondary N) is 1. The molecule has 0 heterocycles. The Kier molecular flexibility index (Phi) is 10.4. The van der Waals surface area contributed by atoms with Crippen LogP contribution >= 0.6 is 0 Å². The van der Waals surface area contributed by atoms with Gasteiger partial charge in [0.05, 0.1) is 26.2 Å². The number of nitrogens with zero attached hydrogens (tertiary/aromatic N) is 2. The smallest absolute Gasteiger partial charge is 0.244 e. The number of rotatable bonds is 12. The topological polar surface area (TPSA) is 105 Å². The molecule has 0 aromatic heterocycles. The summed E-state index contributed by atoms with van der Waals surface area (Å²) in [7, 11) is -0.829. The van der Waals surface area contributed by atoms with Crippen LogP contribution in [0.2, 0.25) is 0 Å². The molecule has 1 N–H and O–H groups in total. The number of para-hydroxylation sites is 2. The van der Waals surface area contributed by atoms with Crippen LogP contribution in [0.5, 0.6) is 11.5 Å². The van der Waals surface area contributed by atoms with Crippen molar-refractivity contribution in [3.63, 3.8) is 0 Å². The first-order valence-corrected chi connectivity index (χ1v) is 14.9. The number of carbonyl (C=O) groups is 2. The van der Waals surface area contributed by atoms with Crippen LogP contribution in [0.1, 0.15) is 51.0 Å². The third-order valence-electron chi connectivity index (χ3n) is 6.88. The molecule has 3 rings (SSSR count). The van der Waals surface area contributed by atoms with E-state index in [1.54, 1.807) is 43.5 Å². The normalized spacial score (nSPS) is 14.8. The molecule has 1 fully saturated rings. The Morgan fingerprint density at radius 3 is 2.24 bits per heavy atom.